The highest BCUT2D eigenvalue weighted by molar-refractivity contribution is 7.87. The van der Waals surface area contributed by atoms with Gasteiger partial charge in [-0.2, -0.15) is 17.8 Å². The zero-order chi connectivity index (χ0) is 23.9. The van der Waals surface area contributed by atoms with Crippen LogP contribution in [0.1, 0.15) is 54.1 Å². The third kappa shape index (κ3) is 4.25. The topological polar surface area (TPSA) is 87.0 Å². The lowest BCUT2D eigenvalue weighted by molar-refractivity contribution is 0.0980. The number of nitrogens with zero attached hydrogens (tertiary/aromatic N) is 4. The third-order valence-corrected chi connectivity index (χ3v) is 8.02. The zero-order valence-corrected chi connectivity index (χ0v) is 19.3. The second-order valence-electron chi connectivity index (χ2n) is 8.69. The molecular formula is C23H25F2N5O3S. The summed E-state index contributed by atoms with van der Waals surface area (Å²) in [5, 5.41) is 4.17. The van der Waals surface area contributed by atoms with Crippen molar-refractivity contribution in [1.29, 1.82) is 0 Å². The van der Waals surface area contributed by atoms with Crippen molar-refractivity contribution in [3.8, 4) is 0 Å². The van der Waals surface area contributed by atoms with Crippen molar-refractivity contribution in [2.75, 3.05) is 24.5 Å². The second-order valence-corrected chi connectivity index (χ2v) is 10.4. The van der Waals surface area contributed by atoms with Crippen LogP contribution in [0.25, 0.3) is 5.52 Å². The molecule has 11 heteroatoms. The monoisotopic (exact) mass is 489 g/mol. The van der Waals surface area contributed by atoms with Crippen molar-refractivity contribution >= 4 is 27.3 Å². The first-order valence-electron chi connectivity index (χ1n) is 11.3. The fourth-order valence-electron chi connectivity index (χ4n) is 4.83. The molecule has 1 N–H and O–H groups in total. The number of aromatic nitrogens is 2. The summed E-state index contributed by atoms with van der Waals surface area (Å²) in [7, 11) is -3.95. The maximum absolute atomic E-state index is 14.5. The first-order chi connectivity index (χ1) is 16.3. The number of carbonyl (C=O) groups excluding carboxylic acids is 1. The van der Waals surface area contributed by atoms with E-state index in [0.29, 0.717) is 37.3 Å². The van der Waals surface area contributed by atoms with Crippen LogP contribution in [0.3, 0.4) is 0 Å². The molecular weight excluding hydrogens is 464 g/mol. The van der Waals surface area contributed by atoms with E-state index in [2.05, 4.69) is 9.82 Å². The second kappa shape index (κ2) is 8.95. The predicted octanol–water partition coefficient (Wildman–Crippen LogP) is 3.41. The van der Waals surface area contributed by atoms with Gasteiger partial charge < -0.3 is 4.90 Å². The molecule has 3 aromatic rings. The highest BCUT2D eigenvalue weighted by Crippen LogP contribution is 2.38. The van der Waals surface area contributed by atoms with Gasteiger partial charge in [0.05, 0.1) is 23.3 Å². The molecule has 2 fully saturated rings. The van der Waals surface area contributed by atoms with E-state index in [1.54, 1.807) is 18.3 Å². The van der Waals surface area contributed by atoms with E-state index >= 15 is 0 Å². The molecule has 2 aliphatic rings. The Morgan fingerprint density at radius 2 is 1.82 bits per heavy atom. The molecule has 2 aromatic heterocycles. The highest BCUT2D eigenvalue weighted by atomic mass is 32.2. The average Bonchev–Trinajstić information content (AvgIpc) is 3.48. The van der Waals surface area contributed by atoms with Crippen LogP contribution >= 0.6 is 0 Å². The summed E-state index contributed by atoms with van der Waals surface area (Å²) in [5.74, 6) is -1.72. The van der Waals surface area contributed by atoms with Gasteiger partial charge in [-0.1, -0.05) is 6.42 Å². The van der Waals surface area contributed by atoms with Crippen LogP contribution < -0.4 is 9.62 Å². The SMILES string of the molecule is O=C(NS(=O)(=O)N1CCCCC1)c1cnn2ccc(N3CCCC3c3cc(F)ccc3F)cc12. The van der Waals surface area contributed by atoms with Crippen molar-refractivity contribution < 1.29 is 22.0 Å². The van der Waals surface area contributed by atoms with Crippen molar-refractivity contribution in [3.05, 3.63) is 65.5 Å². The van der Waals surface area contributed by atoms with Crippen molar-refractivity contribution in [3.63, 3.8) is 0 Å². The number of piperidine rings is 1. The summed E-state index contributed by atoms with van der Waals surface area (Å²) < 4.78 is 58.5. The minimum Gasteiger partial charge on any atom is -0.364 e. The number of amides is 1. The van der Waals surface area contributed by atoms with Gasteiger partial charge in [-0.15, -0.1) is 0 Å². The van der Waals surface area contributed by atoms with E-state index < -0.39 is 27.8 Å². The van der Waals surface area contributed by atoms with Crippen LogP contribution in [0.4, 0.5) is 14.5 Å². The smallest absolute Gasteiger partial charge is 0.304 e. The van der Waals surface area contributed by atoms with Crippen LogP contribution in [0.2, 0.25) is 0 Å². The van der Waals surface area contributed by atoms with Crippen molar-refractivity contribution in [2.45, 2.75) is 38.1 Å². The van der Waals surface area contributed by atoms with Gasteiger partial charge in [0.1, 0.15) is 11.6 Å². The number of halogens is 2. The number of anilines is 1. The molecule has 1 unspecified atom stereocenters. The first-order valence-corrected chi connectivity index (χ1v) is 12.8. The molecule has 180 valence electrons. The molecule has 2 aliphatic heterocycles. The number of hydrogen-bond acceptors (Lipinski definition) is 5. The Kier molecular flexibility index (Phi) is 5.98. The summed E-state index contributed by atoms with van der Waals surface area (Å²) in [6.07, 6.45) is 6.94. The van der Waals surface area contributed by atoms with Gasteiger partial charge in [0, 0.05) is 37.1 Å². The zero-order valence-electron chi connectivity index (χ0n) is 18.5. The molecule has 0 saturated carbocycles. The van der Waals surface area contributed by atoms with E-state index in [9.17, 15) is 22.0 Å². The van der Waals surface area contributed by atoms with Crippen LogP contribution in [0.15, 0.2) is 42.7 Å². The summed E-state index contributed by atoms with van der Waals surface area (Å²) in [6, 6.07) is 6.62. The number of rotatable bonds is 5. The van der Waals surface area contributed by atoms with Gasteiger partial charge in [-0.3, -0.25) is 4.79 Å². The molecule has 4 heterocycles. The van der Waals surface area contributed by atoms with Gasteiger partial charge in [0.25, 0.3) is 5.91 Å². The van der Waals surface area contributed by atoms with Crippen LogP contribution in [0.5, 0.6) is 0 Å². The number of hydrogen-bond donors (Lipinski definition) is 1. The van der Waals surface area contributed by atoms with Gasteiger partial charge in [-0.25, -0.2) is 18.0 Å². The standard InChI is InChI=1S/C23H25F2N5O3S/c24-16-6-7-20(25)18(13-16)21-5-4-11-29(21)17-8-12-30-22(14-17)19(15-26-30)23(31)27-34(32,33)28-9-2-1-3-10-28/h6-8,12-15,21H,1-5,9-11H2,(H,27,31). The normalized spacial score (nSPS) is 19.6. The lowest BCUT2D eigenvalue weighted by Crippen LogP contribution is -2.45. The predicted molar refractivity (Wildman–Crippen MR) is 123 cm³/mol. The minimum absolute atomic E-state index is 0.120. The number of pyridine rings is 1. The molecule has 5 rings (SSSR count). The van der Waals surface area contributed by atoms with E-state index in [1.165, 1.54) is 21.1 Å². The summed E-state index contributed by atoms with van der Waals surface area (Å²) in [5.41, 5.74) is 1.55. The number of nitrogens with one attached hydrogen (secondary N) is 1. The van der Waals surface area contributed by atoms with E-state index in [-0.39, 0.29) is 17.2 Å². The minimum atomic E-state index is -3.95. The van der Waals surface area contributed by atoms with E-state index in [4.69, 9.17) is 0 Å². The molecule has 8 nitrogen and oxygen atoms in total. The fourth-order valence-corrected chi connectivity index (χ4v) is 6.05. The Hall–Kier alpha value is -3.05. The third-order valence-electron chi connectivity index (χ3n) is 6.53. The van der Waals surface area contributed by atoms with Crippen molar-refractivity contribution in [1.82, 2.24) is 18.6 Å². The number of fused-ring (bicyclic) bond motifs is 1. The maximum Gasteiger partial charge on any atom is 0.304 e. The van der Waals surface area contributed by atoms with Crippen molar-refractivity contribution in [2.24, 2.45) is 0 Å². The summed E-state index contributed by atoms with van der Waals surface area (Å²) >= 11 is 0. The molecule has 2 saturated heterocycles. The highest BCUT2D eigenvalue weighted by Gasteiger charge is 2.30. The quantitative estimate of drug-likeness (QED) is 0.594. The summed E-state index contributed by atoms with van der Waals surface area (Å²) in [4.78, 5) is 14.9. The Morgan fingerprint density at radius 3 is 2.62 bits per heavy atom. The molecule has 0 radical (unpaired) electrons. The Balaban J connectivity index is 1.44. The van der Waals surface area contributed by atoms with E-state index in [1.807, 2.05) is 4.90 Å². The maximum atomic E-state index is 14.5. The van der Waals surface area contributed by atoms with Crippen LogP contribution in [-0.4, -0.2) is 47.9 Å². The van der Waals surface area contributed by atoms with Gasteiger partial charge in [0.15, 0.2) is 0 Å². The molecule has 1 atom stereocenters. The number of benzene rings is 1. The molecule has 0 aliphatic carbocycles. The Labute approximate surface area is 196 Å². The molecule has 0 spiro atoms. The van der Waals surface area contributed by atoms with E-state index in [0.717, 1.165) is 37.8 Å². The summed E-state index contributed by atoms with van der Waals surface area (Å²) in [6.45, 7) is 1.40. The molecule has 34 heavy (non-hydrogen) atoms. The van der Waals surface area contributed by atoms with Crippen LogP contribution in [-0.2, 0) is 10.2 Å². The van der Waals surface area contributed by atoms with Gasteiger partial charge in [0.2, 0.25) is 0 Å². The van der Waals surface area contributed by atoms with Gasteiger partial charge >= 0.3 is 10.2 Å². The average molecular weight is 490 g/mol. The first kappa shape index (κ1) is 22.7. The molecule has 1 aromatic carbocycles. The van der Waals surface area contributed by atoms with Crippen LogP contribution in [0, 0.1) is 11.6 Å². The molecule has 1 amide bonds. The van der Waals surface area contributed by atoms with Gasteiger partial charge in [-0.05, 0) is 56.0 Å². The Morgan fingerprint density at radius 1 is 1.03 bits per heavy atom. The number of carbonyl (C=O) groups is 1. The Bertz CT molecular complexity index is 1340. The fraction of sp³-hybridized carbons (Fsp3) is 0.391. The lowest BCUT2D eigenvalue weighted by atomic mass is 10.0. The molecule has 0 bridgehead atoms. The largest absolute Gasteiger partial charge is 0.364 e. The lowest BCUT2D eigenvalue weighted by Gasteiger charge is -2.27.